The van der Waals surface area contributed by atoms with Gasteiger partial charge in [-0.05, 0) is 25.2 Å². The molecule has 0 unspecified atom stereocenters. The Morgan fingerprint density at radius 2 is 1.26 bits per heavy atom. The van der Waals surface area contributed by atoms with Crippen molar-refractivity contribution in [3.63, 3.8) is 0 Å². The molecular formula is C17H31NO. The molecule has 2 heteroatoms. The largest absolute Gasteiger partial charge is 0.353 e. The Morgan fingerprint density at radius 3 is 1.68 bits per heavy atom. The molecule has 2 atom stereocenters. The van der Waals surface area contributed by atoms with Crippen molar-refractivity contribution in [2.75, 3.05) is 0 Å². The number of carbonyl (C=O) groups excluding carboxylic acids is 1. The molecule has 0 aromatic heterocycles. The van der Waals surface area contributed by atoms with Crippen LogP contribution in [0.3, 0.4) is 0 Å². The normalized spacial score (nSPS) is 31.0. The third-order valence-corrected chi connectivity index (χ3v) is 4.90. The lowest BCUT2D eigenvalue weighted by molar-refractivity contribution is -0.123. The predicted molar refractivity (Wildman–Crippen MR) is 80.0 cm³/mol. The quantitative estimate of drug-likeness (QED) is 0.786. The van der Waals surface area contributed by atoms with Crippen LogP contribution in [0.25, 0.3) is 0 Å². The van der Waals surface area contributed by atoms with Crippen molar-refractivity contribution in [3.8, 4) is 0 Å². The number of nitrogens with one attached hydrogen (secondary N) is 1. The summed E-state index contributed by atoms with van der Waals surface area (Å²) in [4.78, 5) is 12.0. The second kappa shape index (κ2) is 7.91. The van der Waals surface area contributed by atoms with Crippen molar-refractivity contribution >= 4 is 5.91 Å². The van der Waals surface area contributed by atoms with Gasteiger partial charge in [-0.2, -0.15) is 0 Å². The van der Waals surface area contributed by atoms with Crippen LogP contribution in [0.4, 0.5) is 0 Å². The van der Waals surface area contributed by atoms with Gasteiger partial charge in [0.15, 0.2) is 0 Å². The maximum atomic E-state index is 12.0. The summed E-state index contributed by atoms with van der Waals surface area (Å²) in [5.41, 5.74) is 0. The van der Waals surface area contributed by atoms with Crippen molar-refractivity contribution < 1.29 is 4.79 Å². The maximum Gasteiger partial charge on any atom is 0.223 e. The lowest BCUT2D eigenvalue weighted by atomic mass is 9.98. The molecule has 19 heavy (non-hydrogen) atoms. The van der Waals surface area contributed by atoms with E-state index in [9.17, 15) is 4.79 Å². The zero-order chi connectivity index (χ0) is 13.5. The van der Waals surface area contributed by atoms with E-state index in [0.717, 1.165) is 6.42 Å². The molecular weight excluding hydrogens is 234 g/mol. The Balaban J connectivity index is 1.72. The molecule has 2 saturated carbocycles. The fourth-order valence-electron chi connectivity index (χ4n) is 3.30. The molecule has 0 aromatic rings. The number of hydrogen-bond donors (Lipinski definition) is 1. The van der Waals surface area contributed by atoms with Gasteiger partial charge in [-0.1, -0.05) is 64.7 Å². The summed E-state index contributed by atoms with van der Waals surface area (Å²) in [7, 11) is 0. The lowest BCUT2D eigenvalue weighted by Gasteiger charge is -2.19. The average Bonchev–Trinajstić information content (AvgIpc) is 3.10. The highest BCUT2D eigenvalue weighted by Gasteiger charge is 2.39. The molecule has 2 nitrogen and oxygen atoms in total. The zero-order valence-corrected chi connectivity index (χ0v) is 12.6. The Kier molecular flexibility index (Phi) is 6.19. The van der Waals surface area contributed by atoms with Crippen LogP contribution in [0, 0.1) is 11.8 Å². The minimum absolute atomic E-state index is 0.335. The van der Waals surface area contributed by atoms with Crippen LogP contribution in [0.1, 0.15) is 84.0 Å². The highest BCUT2D eigenvalue weighted by molar-refractivity contribution is 5.81. The minimum Gasteiger partial charge on any atom is -0.353 e. The summed E-state index contributed by atoms with van der Waals surface area (Å²) >= 11 is 0. The molecule has 2 aliphatic rings. The van der Waals surface area contributed by atoms with Gasteiger partial charge in [-0.15, -0.1) is 0 Å². The summed E-state index contributed by atoms with van der Waals surface area (Å²) in [6, 6.07) is 0.458. The van der Waals surface area contributed by atoms with Crippen molar-refractivity contribution in [2.45, 2.75) is 90.0 Å². The fraction of sp³-hybridized carbons (Fsp3) is 0.941. The first-order chi connectivity index (χ1) is 9.27. The van der Waals surface area contributed by atoms with E-state index in [1.165, 1.54) is 70.6 Å². The third-order valence-electron chi connectivity index (χ3n) is 4.90. The van der Waals surface area contributed by atoms with Crippen LogP contribution in [0.5, 0.6) is 0 Å². The van der Waals surface area contributed by atoms with E-state index < -0.39 is 0 Å². The second-order valence-electron chi connectivity index (χ2n) is 6.78. The van der Waals surface area contributed by atoms with Gasteiger partial charge < -0.3 is 5.32 Å². The first kappa shape index (κ1) is 14.9. The fourth-order valence-corrected chi connectivity index (χ4v) is 3.30. The molecule has 0 aromatic carbocycles. The van der Waals surface area contributed by atoms with Gasteiger partial charge in [0, 0.05) is 12.0 Å². The molecule has 0 spiro atoms. The smallest absolute Gasteiger partial charge is 0.223 e. The molecule has 0 radical (unpaired) electrons. The SMILES string of the molecule is C[C@@H]1C[C@H]1C(=O)NC1CCCCCCCCCCC1. The Morgan fingerprint density at radius 1 is 0.842 bits per heavy atom. The van der Waals surface area contributed by atoms with Crippen molar-refractivity contribution in [2.24, 2.45) is 11.8 Å². The molecule has 1 amide bonds. The zero-order valence-electron chi connectivity index (χ0n) is 12.6. The van der Waals surface area contributed by atoms with Gasteiger partial charge >= 0.3 is 0 Å². The van der Waals surface area contributed by atoms with Crippen LogP contribution in [0.15, 0.2) is 0 Å². The van der Waals surface area contributed by atoms with Gasteiger partial charge in [-0.25, -0.2) is 0 Å². The molecule has 2 aliphatic carbocycles. The number of hydrogen-bond acceptors (Lipinski definition) is 1. The first-order valence-corrected chi connectivity index (χ1v) is 8.58. The van der Waals surface area contributed by atoms with Gasteiger partial charge in [0.25, 0.3) is 0 Å². The van der Waals surface area contributed by atoms with Crippen LogP contribution >= 0.6 is 0 Å². The monoisotopic (exact) mass is 265 g/mol. The topological polar surface area (TPSA) is 29.1 Å². The summed E-state index contributed by atoms with van der Waals surface area (Å²) in [5.74, 6) is 1.30. The van der Waals surface area contributed by atoms with Crippen molar-refractivity contribution in [1.29, 1.82) is 0 Å². The average molecular weight is 265 g/mol. The summed E-state index contributed by atoms with van der Waals surface area (Å²) in [5, 5.41) is 3.32. The van der Waals surface area contributed by atoms with Crippen LogP contribution in [-0.4, -0.2) is 11.9 Å². The van der Waals surface area contributed by atoms with Gasteiger partial charge in [0.1, 0.15) is 0 Å². The summed E-state index contributed by atoms with van der Waals surface area (Å²) in [6.07, 6.45) is 15.8. The van der Waals surface area contributed by atoms with Crippen LogP contribution in [0.2, 0.25) is 0 Å². The molecule has 110 valence electrons. The molecule has 0 heterocycles. The number of rotatable bonds is 2. The minimum atomic E-state index is 0.335. The van der Waals surface area contributed by atoms with E-state index in [4.69, 9.17) is 0 Å². The van der Waals surface area contributed by atoms with Gasteiger partial charge in [0.2, 0.25) is 5.91 Å². The third kappa shape index (κ3) is 5.54. The molecule has 0 aliphatic heterocycles. The predicted octanol–water partition coefficient (Wildman–Crippen LogP) is 4.43. The molecule has 2 rings (SSSR count). The van der Waals surface area contributed by atoms with Crippen molar-refractivity contribution in [3.05, 3.63) is 0 Å². The highest BCUT2D eigenvalue weighted by atomic mass is 16.2. The molecule has 0 bridgehead atoms. The standard InChI is InChI=1S/C17H31NO/c1-14-13-16(14)17(19)18-15-11-9-7-5-3-2-4-6-8-10-12-15/h14-16H,2-13H2,1H3,(H,18,19)/t14-,16-/m1/s1. The van der Waals surface area contributed by atoms with E-state index >= 15 is 0 Å². The molecule has 1 N–H and O–H groups in total. The van der Waals surface area contributed by atoms with Gasteiger partial charge in [0.05, 0.1) is 0 Å². The molecule has 2 fully saturated rings. The highest BCUT2D eigenvalue weighted by Crippen LogP contribution is 2.37. The van der Waals surface area contributed by atoms with E-state index in [2.05, 4.69) is 12.2 Å². The lowest BCUT2D eigenvalue weighted by Crippen LogP contribution is -2.36. The Bertz CT molecular complexity index is 264. The van der Waals surface area contributed by atoms with Crippen LogP contribution < -0.4 is 5.32 Å². The Hall–Kier alpha value is -0.530. The summed E-state index contributed by atoms with van der Waals surface area (Å²) < 4.78 is 0. The van der Waals surface area contributed by atoms with E-state index in [0.29, 0.717) is 23.8 Å². The van der Waals surface area contributed by atoms with Crippen LogP contribution in [-0.2, 0) is 4.79 Å². The maximum absolute atomic E-state index is 12.0. The number of carbonyl (C=O) groups is 1. The van der Waals surface area contributed by atoms with Gasteiger partial charge in [-0.3, -0.25) is 4.79 Å². The second-order valence-corrected chi connectivity index (χ2v) is 6.78. The van der Waals surface area contributed by atoms with E-state index in [1.54, 1.807) is 0 Å². The number of amides is 1. The van der Waals surface area contributed by atoms with E-state index in [-0.39, 0.29) is 0 Å². The molecule has 0 saturated heterocycles. The van der Waals surface area contributed by atoms with Crippen molar-refractivity contribution in [1.82, 2.24) is 5.32 Å². The van der Waals surface area contributed by atoms with E-state index in [1.807, 2.05) is 0 Å². The summed E-state index contributed by atoms with van der Waals surface area (Å²) in [6.45, 7) is 2.19. The Labute approximate surface area is 118 Å². The first-order valence-electron chi connectivity index (χ1n) is 8.58.